The van der Waals surface area contributed by atoms with Crippen LogP contribution in [-0.4, -0.2) is 0 Å². The molecule has 2 rings (SSSR count). The van der Waals surface area contributed by atoms with Crippen molar-refractivity contribution >= 4 is 0 Å². The molecule has 2 aromatic rings. The van der Waals surface area contributed by atoms with Gasteiger partial charge < -0.3 is 0 Å². The fourth-order valence-corrected chi connectivity index (χ4v) is 1.93. The number of aryl methyl sites for hydroxylation is 1. The highest BCUT2D eigenvalue weighted by Gasteiger charge is 2.02. The zero-order valence-electron chi connectivity index (χ0n) is 10.8. The average Bonchev–Trinajstić information content (AvgIpc) is 2.39. The van der Waals surface area contributed by atoms with Crippen molar-refractivity contribution < 1.29 is 0 Å². The van der Waals surface area contributed by atoms with E-state index in [1.165, 1.54) is 22.3 Å². The summed E-state index contributed by atoms with van der Waals surface area (Å²) >= 11 is 0. The molecular formula is C17H19. The van der Waals surface area contributed by atoms with E-state index in [1.807, 2.05) is 6.07 Å². The summed E-state index contributed by atoms with van der Waals surface area (Å²) in [7, 11) is 0. The highest BCUT2D eigenvalue weighted by Crippen LogP contribution is 2.23. The maximum atomic E-state index is 3.32. The van der Waals surface area contributed by atoms with Gasteiger partial charge in [0.05, 0.1) is 0 Å². The molecule has 0 saturated heterocycles. The number of rotatable bonds is 3. The lowest BCUT2D eigenvalue weighted by Crippen LogP contribution is -1.88. The Kier molecular flexibility index (Phi) is 3.63. The Labute approximate surface area is 104 Å². The smallest absolute Gasteiger partial charge is 0.00990 e. The van der Waals surface area contributed by atoms with Gasteiger partial charge in [0, 0.05) is 0 Å². The van der Waals surface area contributed by atoms with Crippen molar-refractivity contribution in [3.05, 3.63) is 59.7 Å². The third-order valence-electron chi connectivity index (χ3n) is 3.17. The van der Waals surface area contributed by atoms with Crippen LogP contribution < -0.4 is 0 Å². The van der Waals surface area contributed by atoms with Gasteiger partial charge in [0.15, 0.2) is 0 Å². The minimum atomic E-state index is 0.568. The van der Waals surface area contributed by atoms with Crippen LogP contribution in [0.2, 0.25) is 0 Å². The van der Waals surface area contributed by atoms with Crippen molar-refractivity contribution in [2.24, 2.45) is 0 Å². The summed E-state index contributed by atoms with van der Waals surface area (Å²) < 4.78 is 0. The van der Waals surface area contributed by atoms with Crippen LogP contribution in [-0.2, 0) is 6.42 Å². The monoisotopic (exact) mass is 223 g/mol. The van der Waals surface area contributed by atoms with Gasteiger partial charge in [-0.1, -0.05) is 63.2 Å². The van der Waals surface area contributed by atoms with Crippen molar-refractivity contribution in [3.63, 3.8) is 0 Å². The van der Waals surface area contributed by atoms with Crippen molar-refractivity contribution in [1.82, 2.24) is 0 Å². The van der Waals surface area contributed by atoms with Gasteiger partial charge in [0.1, 0.15) is 0 Å². The van der Waals surface area contributed by atoms with Crippen LogP contribution in [0, 0.1) is 6.07 Å². The van der Waals surface area contributed by atoms with Crippen LogP contribution in [0.3, 0.4) is 0 Å². The van der Waals surface area contributed by atoms with Crippen LogP contribution in [0.1, 0.15) is 37.8 Å². The van der Waals surface area contributed by atoms with Gasteiger partial charge in [-0.2, -0.15) is 0 Å². The maximum absolute atomic E-state index is 3.32. The standard InChI is InChI=1S/C17H19/c1-4-14-8-10-15(11-9-14)17-7-5-6-16(12-17)13(2)3/h5-6,8-13H,4H2,1-3H3. The van der Waals surface area contributed by atoms with Gasteiger partial charge in [-0.05, 0) is 40.7 Å². The van der Waals surface area contributed by atoms with E-state index >= 15 is 0 Å². The Hall–Kier alpha value is -1.56. The SMILES string of the molecule is CCc1ccc(-c2[c]ccc(C(C)C)c2)cc1. The van der Waals surface area contributed by atoms with E-state index in [1.54, 1.807) is 0 Å². The lowest BCUT2D eigenvalue weighted by Gasteiger charge is -2.08. The summed E-state index contributed by atoms with van der Waals surface area (Å²) in [4.78, 5) is 0. The van der Waals surface area contributed by atoms with Gasteiger partial charge in [0.2, 0.25) is 0 Å². The number of hydrogen-bond donors (Lipinski definition) is 0. The van der Waals surface area contributed by atoms with Crippen molar-refractivity contribution in [3.8, 4) is 11.1 Å². The third kappa shape index (κ3) is 2.76. The third-order valence-corrected chi connectivity index (χ3v) is 3.17. The summed E-state index contributed by atoms with van der Waals surface area (Å²) in [6, 6.07) is 18.5. The first-order valence-corrected chi connectivity index (χ1v) is 6.31. The molecule has 0 bridgehead atoms. The second-order valence-electron chi connectivity index (χ2n) is 4.74. The van der Waals surface area contributed by atoms with Crippen LogP contribution in [0.15, 0.2) is 42.5 Å². The molecule has 0 fully saturated rings. The molecule has 0 saturated carbocycles. The van der Waals surface area contributed by atoms with Crippen molar-refractivity contribution in [2.75, 3.05) is 0 Å². The maximum Gasteiger partial charge on any atom is -0.00990 e. The Morgan fingerprint density at radius 1 is 1.06 bits per heavy atom. The van der Waals surface area contributed by atoms with Crippen LogP contribution in [0.4, 0.5) is 0 Å². The minimum absolute atomic E-state index is 0.568. The average molecular weight is 223 g/mol. The van der Waals surface area contributed by atoms with Gasteiger partial charge >= 0.3 is 0 Å². The molecule has 0 aliphatic carbocycles. The number of hydrogen-bond acceptors (Lipinski definition) is 0. The fourth-order valence-electron chi connectivity index (χ4n) is 1.93. The van der Waals surface area contributed by atoms with Gasteiger partial charge in [-0.3, -0.25) is 0 Å². The molecule has 0 heterocycles. The van der Waals surface area contributed by atoms with E-state index in [2.05, 4.69) is 63.2 Å². The predicted octanol–water partition coefficient (Wildman–Crippen LogP) is 4.84. The summed E-state index contributed by atoms with van der Waals surface area (Å²) in [6.45, 7) is 6.62. The molecule has 0 spiro atoms. The van der Waals surface area contributed by atoms with Crippen molar-refractivity contribution in [2.45, 2.75) is 33.1 Å². The molecule has 0 aromatic heterocycles. The minimum Gasteiger partial charge on any atom is -0.0613 e. The summed E-state index contributed by atoms with van der Waals surface area (Å²) in [5, 5.41) is 0. The topological polar surface area (TPSA) is 0 Å². The molecule has 87 valence electrons. The Bertz CT molecular complexity index is 478. The molecule has 0 nitrogen and oxygen atoms in total. The van der Waals surface area contributed by atoms with E-state index in [4.69, 9.17) is 0 Å². The normalized spacial score (nSPS) is 10.8. The van der Waals surface area contributed by atoms with E-state index in [0.717, 1.165) is 6.42 Å². The molecule has 1 radical (unpaired) electrons. The van der Waals surface area contributed by atoms with Gasteiger partial charge in [0.25, 0.3) is 0 Å². The quantitative estimate of drug-likeness (QED) is 0.698. The second kappa shape index (κ2) is 5.18. The van der Waals surface area contributed by atoms with E-state index < -0.39 is 0 Å². The molecule has 17 heavy (non-hydrogen) atoms. The Morgan fingerprint density at radius 3 is 2.35 bits per heavy atom. The number of benzene rings is 2. The Morgan fingerprint density at radius 2 is 1.76 bits per heavy atom. The fraction of sp³-hybridized carbons (Fsp3) is 0.294. The lowest BCUT2D eigenvalue weighted by atomic mass is 9.97. The largest absolute Gasteiger partial charge is 0.0613 e. The molecule has 0 heteroatoms. The van der Waals surface area contributed by atoms with E-state index in [0.29, 0.717) is 5.92 Å². The lowest BCUT2D eigenvalue weighted by molar-refractivity contribution is 0.867. The summed E-state index contributed by atoms with van der Waals surface area (Å²) in [6.07, 6.45) is 1.09. The molecule has 0 N–H and O–H groups in total. The molecular weight excluding hydrogens is 204 g/mol. The highest BCUT2D eigenvalue weighted by atomic mass is 14.1. The second-order valence-corrected chi connectivity index (χ2v) is 4.74. The highest BCUT2D eigenvalue weighted by molar-refractivity contribution is 5.64. The van der Waals surface area contributed by atoms with Crippen molar-refractivity contribution in [1.29, 1.82) is 0 Å². The van der Waals surface area contributed by atoms with Crippen LogP contribution >= 0.6 is 0 Å². The van der Waals surface area contributed by atoms with E-state index in [9.17, 15) is 0 Å². The van der Waals surface area contributed by atoms with Gasteiger partial charge in [-0.15, -0.1) is 0 Å². The molecule has 0 unspecified atom stereocenters. The van der Waals surface area contributed by atoms with Crippen LogP contribution in [0.25, 0.3) is 11.1 Å². The molecule has 0 atom stereocenters. The Balaban J connectivity index is 2.35. The summed E-state index contributed by atoms with van der Waals surface area (Å²) in [5.74, 6) is 0.568. The predicted molar refractivity (Wildman–Crippen MR) is 74.2 cm³/mol. The first-order valence-electron chi connectivity index (χ1n) is 6.31. The zero-order chi connectivity index (χ0) is 12.3. The first kappa shape index (κ1) is 11.9. The van der Waals surface area contributed by atoms with Crippen LogP contribution in [0.5, 0.6) is 0 Å². The molecule has 0 aliphatic heterocycles. The summed E-state index contributed by atoms with van der Waals surface area (Å²) in [5.41, 5.74) is 5.20. The molecule has 2 aromatic carbocycles. The zero-order valence-corrected chi connectivity index (χ0v) is 10.8. The van der Waals surface area contributed by atoms with Gasteiger partial charge in [-0.25, -0.2) is 0 Å². The van der Waals surface area contributed by atoms with E-state index in [-0.39, 0.29) is 0 Å². The molecule has 0 aliphatic rings. The molecule has 0 amide bonds. The first-order chi connectivity index (χ1) is 8.20.